The Bertz CT molecular complexity index is 481. The van der Waals surface area contributed by atoms with Gasteiger partial charge in [-0.1, -0.05) is 12.1 Å². The second-order valence-electron chi connectivity index (χ2n) is 3.28. The number of anilines is 1. The zero-order chi connectivity index (χ0) is 10.3. The molecule has 0 spiro atoms. The number of fused-ring (bicyclic) bond motifs is 1. The van der Waals surface area contributed by atoms with Gasteiger partial charge in [0, 0.05) is 15.5 Å². The minimum atomic E-state index is -1.43. The third-order valence-electron chi connectivity index (χ3n) is 2.21. The molecule has 2 rings (SSSR count). The summed E-state index contributed by atoms with van der Waals surface area (Å²) in [6.07, 6.45) is 0. The molecule has 0 atom stereocenters. The predicted molar refractivity (Wildman–Crippen MR) is 60.8 cm³/mol. The molecule has 2 aromatic rings. The zero-order valence-corrected chi connectivity index (χ0v) is 8.51. The number of nitrogen functional groups attached to an aromatic ring is 1. The lowest BCUT2D eigenvalue weighted by molar-refractivity contribution is 0.426. The van der Waals surface area contributed by atoms with Crippen LogP contribution in [0.1, 0.15) is 5.56 Å². The maximum Gasteiger partial charge on any atom is 0.488 e. The van der Waals surface area contributed by atoms with Crippen LogP contribution in [0.2, 0.25) is 0 Å². The number of aryl methyl sites for hydroxylation is 1. The van der Waals surface area contributed by atoms with Crippen LogP contribution in [-0.4, -0.2) is 17.2 Å². The van der Waals surface area contributed by atoms with Gasteiger partial charge in [-0.15, -0.1) is 11.3 Å². The molecule has 0 saturated carbocycles. The molecule has 4 N–H and O–H groups in total. The number of hydrogen-bond acceptors (Lipinski definition) is 4. The first-order valence-corrected chi connectivity index (χ1v) is 5.11. The monoisotopic (exact) mass is 207 g/mol. The average Bonchev–Trinajstić information content (AvgIpc) is 2.48. The van der Waals surface area contributed by atoms with Gasteiger partial charge in [0.2, 0.25) is 0 Å². The predicted octanol–water partition coefficient (Wildman–Crippen LogP) is 0.472. The quantitative estimate of drug-likeness (QED) is 0.595. The third-order valence-corrected chi connectivity index (χ3v) is 3.36. The van der Waals surface area contributed by atoms with Crippen LogP contribution in [0.4, 0.5) is 5.69 Å². The van der Waals surface area contributed by atoms with E-state index in [2.05, 4.69) is 0 Å². The van der Waals surface area contributed by atoms with Gasteiger partial charge in [-0.25, -0.2) is 0 Å². The molecule has 0 radical (unpaired) electrons. The van der Waals surface area contributed by atoms with Crippen molar-refractivity contribution < 1.29 is 10.0 Å². The normalized spacial score (nSPS) is 10.8. The summed E-state index contributed by atoms with van der Waals surface area (Å²) in [4.78, 5) is 0. The molecule has 0 unspecified atom stereocenters. The lowest BCUT2D eigenvalue weighted by Gasteiger charge is -2.03. The van der Waals surface area contributed by atoms with Crippen LogP contribution in [0.5, 0.6) is 0 Å². The summed E-state index contributed by atoms with van der Waals surface area (Å²) >= 11 is 1.57. The van der Waals surface area contributed by atoms with Crippen LogP contribution in [0, 0.1) is 6.92 Å². The Kier molecular flexibility index (Phi) is 2.22. The summed E-state index contributed by atoms with van der Waals surface area (Å²) in [6.45, 7) is 1.93. The van der Waals surface area contributed by atoms with Crippen LogP contribution in [0.3, 0.4) is 0 Å². The van der Waals surface area contributed by atoms with E-state index in [0.717, 1.165) is 15.6 Å². The van der Waals surface area contributed by atoms with Gasteiger partial charge in [0.1, 0.15) is 0 Å². The lowest BCUT2D eigenvalue weighted by atomic mass is 9.79. The molecular weight excluding hydrogens is 197 g/mol. The van der Waals surface area contributed by atoms with Crippen LogP contribution >= 0.6 is 11.3 Å². The van der Waals surface area contributed by atoms with Gasteiger partial charge in [-0.2, -0.15) is 0 Å². The van der Waals surface area contributed by atoms with E-state index < -0.39 is 7.12 Å². The molecule has 1 aromatic carbocycles. The molecule has 0 saturated heterocycles. The van der Waals surface area contributed by atoms with E-state index in [1.807, 2.05) is 12.3 Å². The van der Waals surface area contributed by atoms with Crippen molar-refractivity contribution in [2.24, 2.45) is 0 Å². The Balaban J connectivity index is 2.75. The summed E-state index contributed by atoms with van der Waals surface area (Å²) in [5.41, 5.74) is 7.96. The molecule has 0 aliphatic heterocycles. The second-order valence-corrected chi connectivity index (χ2v) is 4.16. The Labute approximate surface area is 85.9 Å². The van der Waals surface area contributed by atoms with E-state index in [1.165, 1.54) is 0 Å². The second kappa shape index (κ2) is 3.27. The molecule has 72 valence electrons. The van der Waals surface area contributed by atoms with Gasteiger partial charge in [0.25, 0.3) is 0 Å². The molecule has 1 aromatic heterocycles. The van der Waals surface area contributed by atoms with Gasteiger partial charge in [0.05, 0.1) is 5.69 Å². The van der Waals surface area contributed by atoms with Crippen LogP contribution in [0.15, 0.2) is 17.5 Å². The first kappa shape index (κ1) is 9.52. The number of benzene rings is 1. The zero-order valence-electron chi connectivity index (χ0n) is 7.69. The number of thiophene rings is 1. The topological polar surface area (TPSA) is 66.5 Å². The van der Waals surface area contributed by atoms with E-state index >= 15 is 0 Å². The fourth-order valence-corrected chi connectivity index (χ4v) is 2.43. The van der Waals surface area contributed by atoms with Crippen molar-refractivity contribution in [3.63, 3.8) is 0 Å². The summed E-state index contributed by atoms with van der Waals surface area (Å²) in [6, 6.07) is 3.49. The summed E-state index contributed by atoms with van der Waals surface area (Å²) in [5.74, 6) is 0. The van der Waals surface area contributed by atoms with Gasteiger partial charge < -0.3 is 15.8 Å². The van der Waals surface area contributed by atoms with E-state index in [0.29, 0.717) is 11.2 Å². The molecule has 14 heavy (non-hydrogen) atoms. The van der Waals surface area contributed by atoms with E-state index in [1.54, 1.807) is 23.5 Å². The molecule has 0 bridgehead atoms. The molecule has 0 aliphatic rings. The number of hydrogen-bond donors (Lipinski definition) is 3. The molecule has 0 fully saturated rings. The van der Waals surface area contributed by atoms with Crippen LogP contribution < -0.4 is 11.2 Å². The summed E-state index contributed by atoms with van der Waals surface area (Å²) in [7, 11) is -1.43. The van der Waals surface area contributed by atoms with Gasteiger partial charge >= 0.3 is 7.12 Å². The van der Waals surface area contributed by atoms with Crippen molar-refractivity contribution in [3.05, 3.63) is 23.1 Å². The molecule has 0 aliphatic carbocycles. The fraction of sp³-hybridized carbons (Fsp3) is 0.111. The first-order valence-electron chi connectivity index (χ1n) is 4.23. The Morgan fingerprint density at radius 2 is 2.07 bits per heavy atom. The molecule has 1 heterocycles. The Hall–Kier alpha value is -1.04. The van der Waals surface area contributed by atoms with Gasteiger partial charge in [0.15, 0.2) is 0 Å². The van der Waals surface area contributed by atoms with Gasteiger partial charge in [-0.05, 0) is 17.9 Å². The van der Waals surface area contributed by atoms with Gasteiger partial charge in [-0.3, -0.25) is 0 Å². The Morgan fingerprint density at radius 1 is 1.36 bits per heavy atom. The summed E-state index contributed by atoms with van der Waals surface area (Å²) < 4.78 is 1.10. The highest BCUT2D eigenvalue weighted by atomic mass is 32.1. The minimum Gasteiger partial charge on any atom is -0.423 e. The van der Waals surface area contributed by atoms with Crippen molar-refractivity contribution in [1.82, 2.24) is 0 Å². The fourth-order valence-electron chi connectivity index (χ4n) is 1.51. The third kappa shape index (κ3) is 1.39. The van der Waals surface area contributed by atoms with Crippen molar-refractivity contribution >= 4 is 39.7 Å². The molecule has 5 heteroatoms. The average molecular weight is 207 g/mol. The highest BCUT2D eigenvalue weighted by Gasteiger charge is 2.14. The highest BCUT2D eigenvalue weighted by Crippen LogP contribution is 2.29. The van der Waals surface area contributed by atoms with E-state index in [4.69, 9.17) is 15.8 Å². The van der Waals surface area contributed by atoms with E-state index in [9.17, 15) is 0 Å². The maximum absolute atomic E-state index is 9.05. The van der Waals surface area contributed by atoms with Crippen LogP contribution in [-0.2, 0) is 0 Å². The van der Waals surface area contributed by atoms with Crippen LogP contribution in [0.25, 0.3) is 10.1 Å². The van der Waals surface area contributed by atoms with Crippen molar-refractivity contribution in [2.45, 2.75) is 6.92 Å². The SMILES string of the molecule is Cc1cc(B(O)O)cc2c(N)csc12. The Morgan fingerprint density at radius 3 is 2.71 bits per heavy atom. The standard InChI is InChI=1S/C9H10BNO2S/c1-5-2-6(10(12)13)3-7-8(11)4-14-9(5)7/h2-4,12-13H,11H2,1H3. The van der Waals surface area contributed by atoms with Crippen molar-refractivity contribution in [2.75, 3.05) is 5.73 Å². The largest absolute Gasteiger partial charge is 0.488 e. The van der Waals surface area contributed by atoms with E-state index in [-0.39, 0.29) is 0 Å². The lowest BCUT2D eigenvalue weighted by Crippen LogP contribution is -2.29. The van der Waals surface area contributed by atoms with Crippen molar-refractivity contribution in [1.29, 1.82) is 0 Å². The molecule has 0 amide bonds. The first-order chi connectivity index (χ1) is 6.59. The number of rotatable bonds is 1. The summed E-state index contributed by atoms with van der Waals surface area (Å²) in [5, 5.41) is 20.9. The molecule has 3 nitrogen and oxygen atoms in total. The minimum absolute atomic E-state index is 0.486. The molecular formula is C9H10BNO2S. The maximum atomic E-state index is 9.05. The highest BCUT2D eigenvalue weighted by molar-refractivity contribution is 7.18. The smallest absolute Gasteiger partial charge is 0.423 e. The van der Waals surface area contributed by atoms with Crippen molar-refractivity contribution in [3.8, 4) is 0 Å². The number of nitrogens with two attached hydrogens (primary N) is 1.